The second kappa shape index (κ2) is 11.5. The number of nitrogens with one attached hydrogen (secondary N) is 2. The second-order valence-corrected chi connectivity index (χ2v) is 12.8. The van der Waals surface area contributed by atoms with Crippen LogP contribution < -0.4 is 14.9 Å². The number of sulfonamides is 1. The van der Waals surface area contributed by atoms with Crippen LogP contribution in [0.1, 0.15) is 70.5 Å². The van der Waals surface area contributed by atoms with Crippen LogP contribution in [0.15, 0.2) is 47.4 Å². The van der Waals surface area contributed by atoms with Gasteiger partial charge in [0.1, 0.15) is 4.90 Å². The van der Waals surface area contributed by atoms with Crippen LogP contribution in [0.2, 0.25) is 0 Å². The van der Waals surface area contributed by atoms with Crippen molar-refractivity contribution in [2.24, 2.45) is 11.3 Å². The Balaban J connectivity index is 1.65. The summed E-state index contributed by atoms with van der Waals surface area (Å²) in [6.45, 7) is 8.64. The van der Waals surface area contributed by atoms with Gasteiger partial charge in [0.05, 0.1) is 18.2 Å². The van der Waals surface area contributed by atoms with Gasteiger partial charge in [-0.3, -0.25) is 9.59 Å². The van der Waals surface area contributed by atoms with Crippen LogP contribution in [-0.2, 0) is 30.8 Å². The first kappa shape index (κ1) is 28.1. The van der Waals surface area contributed by atoms with Crippen LogP contribution in [0.4, 0.5) is 11.4 Å². The number of nitrogens with zero attached hydrogens (tertiary/aromatic N) is 1. The van der Waals surface area contributed by atoms with Crippen molar-refractivity contribution in [1.82, 2.24) is 4.72 Å². The Kier molecular flexibility index (Phi) is 8.47. The zero-order valence-corrected chi connectivity index (χ0v) is 23.6. The van der Waals surface area contributed by atoms with E-state index < -0.39 is 15.4 Å². The molecule has 4 rings (SSSR count). The molecule has 2 aromatic rings. The predicted molar refractivity (Wildman–Crippen MR) is 149 cm³/mol. The minimum Gasteiger partial charge on any atom is -0.466 e. The summed E-state index contributed by atoms with van der Waals surface area (Å²) < 4.78 is 36.0. The molecule has 0 bridgehead atoms. The van der Waals surface area contributed by atoms with E-state index >= 15 is 0 Å². The number of amides is 1. The summed E-state index contributed by atoms with van der Waals surface area (Å²) in [5, 5.41) is 2.87. The molecule has 1 fully saturated rings. The number of fused-ring (bicyclic) bond motifs is 1. The zero-order chi connectivity index (χ0) is 27.5. The van der Waals surface area contributed by atoms with E-state index in [-0.39, 0.29) is 28.7 Å². The van der Waals surface area contributed by atoms with E-state index in [1.807, 2.05) is 43.9 Å². The Morgan fingerprint density at radius 1 is 1.05 bits per heavy atom. The molecule has 9 heteroatoms. The maximum Gasteiger partial charge on any atom is 0.309 e. The molecule has 2 aromatic carbocycles. The van der Waals surface area contributed by atoms with E-state index in [1.165, 1.54) is 5.56 Å². The molecule has 8 nitrogen and oxygen atoms in total. The normalized spacial score (nSPS) is 18.5. The van der Waals surface area contributed by atoms with Crippen LogP contribution in [0.3, 0.4) is 0 Å². The van der Waals surface area contributed by atoms with Crippen molar-refractivity contribution in [2.75, 3.05) is 29.9 Å². The summed E-state index contributed by atoms with van der Waals surface area (Å²) in [6, 6.07) is 12.7. The lowest BCUT2D eigenvalue weighted by molar-refractivity contribution is -0.148. The summed E-state index contributed by atoms with van der Waals surface area (Å²) >= 11 is 0. The van der Waals surface area contributed by atoms with Crippen LogP contribution in [0.25, 0.3) is 0 Å². The molecule has 1 heterocycles. The van der Waals surface area contributed by atoms with E-state index in [9.17, 15) is 18.0 Å². The third kappa shape index (κ3) is 6.38. The highest BCUT2D eigenvalue weighted by Gasteiger charge is 2.32. The quantitative estimate of drug-likeness (QED) is 0.488. The average molecular weight is 542 g/mol. The second-order valence-electron chi connectivity index (χ2n) is 11.2. The SMILES string of the molecule is CCOC(=O)C1CCN(c2ccc(NC(=O)C(C)(C)C)cc2S(=O)(=O)NC2CCCc3ccccc32)CC1. The molecule has 0 spiro atoms. The molecular weight excluding hydrogens is 502 g/mol. The molecule has 0 radical (unpaired) electrons. The molecule has 1 unspecified atom stereocenters. The lowest BCUT2D eigenvalue weighted by Gasteiger charge is -2.34. The first-order chi connectivity index (χ1) is 18.0. The number of ether oxygens (including phenoxy) is 1. The topological polar surface area (TPSA) is 105 Å². The number of piperidine rings is 1. The van der Waals surface area contributed by atoms with E-state index in [0.29, 0.717) is 43.9 Å². The smallest absolute Gasteiger partial charge is 0.309 e. The minimum absolute atomic E-state index is 0.127. The molecule has 2 aliphatic rings. The maximum atomic E-state index is 13.9. The highest BCUT2D eigenvalue weighted by molar-refractivity contribution is 7.89. The van der Waals surface area contributed by atoms with Crippen LogP contribution in [0, 0.1) is 11.3 Å². The number of carbonyl (C=O) groups excluding carboxylic acids is 2. The summed E-state index contributed by atoms with van der Waals surface area (Å²) in [5.74, 6) is -0.579. The highest BCUT2D eigenvalue weighted by atomic mass is 32.2. The molecule has 1 atom stereocenters. The largest absolute Gasteiger partial charge is 0.466 e. The number of esters is 1. The van der Waals surface area contributed by atoms with Crippen molar-refractivity contribution in [3.8, 4) is 0 Å². The van der Waals surface area contributed by atoms with Crippen LogP contribution in [0.5, 0.6) is 0 Å². The van der Waals surface area contributed by atoms with Gasteiger partial charge >= 0.3 is 5.97 Å². The van der Waals surface area contributed by atoms with Gasteiger partial charge in [0, 0.05) is 30.2 Å². The van der Waals surface area contributed by atoms with E-state index in [0.717, 1.165) is 24.8 Å². The molecule has 1 amide bonds. The lowest BCUT2D eigenvalue weighted by Crippen LogP contribution is -2.38. The molecule has 1 aliphatic heterocycles. The number of carbonyl (C=O) groups is 2. The number of benzene rings is 2. The fourth-order valence-electron chi connectivity index (χ4n) is 5.13. The van der Waals surface area contributed by atoms with Crippen LogP contribution in [-0.4, -0.2) is 40.0 Å². The number of aryl methyl sites for hydroxylation is 1. The van der Waals surface area contributed by atoms with Crippen molar-refractivity contribution in [2.45, 2.75) is 70.7 Å². The number of hydrogen-bond donors (Lipinski definition) is 2. The molecule has 38 heavy (non-hydrogen) atoms. The third-order valence-electron chi connectivity index (χ3n) is 7.31. The van der Waals surface area contributed by atoms with Gasteiger partial charge in [-0.1, -0.05) is 45.0 Å². The molecule has 1 saturated heterocycles. The van der Waals surface area contributed by atoms with Crippen molar-refractivity contribution in [3.63, 3.8) is 0 Å². The van der Waals surface area contributed by atoms with E-state index in [4.69, 9.17) is 4.74 Å². The van der Waals surface area contributed by atoms with Gasteiger partial charge in [-0.25, -0.2) is 13.1 Å². The standard InChI is InChI=1S/C29H39N3O5S/c1-5-37-27(33)21-15-17-32(18-16-21)25-14-13-22(30-28(34)29(2,3)4)19-26(25)38(35,36)31-24-12-8-10-20-9-6-7-11-23(20)24/h6-7,9,11,13-14,19,21,24,31H,5,8,10,12,15-18H2,1-4H3,(H,30,34). The fourth-order valence-corrected chi connectivity index (χ4v) is 6.63. The van der Waals surface area contributed by atoms with Gasteiger partial charge in [-0.05, 0) is 68.4 Å². The summed E-state index contributed by atoms with van der Waals surface area (Å²) in [4.78, 5) is 27.0. The van der Waals surface area contributed by atoms with Gasteiger partial charge in [-0.2, -0.15) is 0 Å². The molecular formula is C29H39N3O5S. The number of rotatable bonds is 7. The van der Waals surface area contributed by atoms with Gasteiger partial charge in [0.15, 0.2) is 0 Å². The first-order valence-electron chi connectivity index (χ1n) is 13.5. The molecule has 0 saturated carbocycles. The van der Waals surface area contributed by atoms with Crippen molar-refractivity contribution in [3.05, 3.63) is 53.6 Å². The van der Waals surface area contributed by atoms with Crippen molar-refractivity contribution >= 4 is 33.3 Å². The first-order valence-corrected chi connectivity index (χ1v) is 14.9. The minimum atomic E-state index is -3.95. The Labute approximate surface area is 226 Å². The van der Waals surface area contributed by atoms with E-state index in [1.54, 1.807) is 25.1 Å². The number of hydrogen-bond acceptors (Lipinski definition) is 6. The van der Waals surface area contributed by atoms with Crippen LogP contribution >= 0.6 is 0 Å². The van der Waals surface area contributed by atoms with Gasteiger partial charge < -0.3 is 15.0 Å². The third-order valence-corrected chi connectivity index (χ3v) is 8.81. The summed E-state index contributed by atoms with van der Waals surface area (Å²) in [7, 11) is -3.95. The van der Waals surface area contributed by atoms with Crippen molar-refractivity contribution in [1.29, 1.82) is 0 Å². The van der Waals surface area contributed by atoms with Crippen molar-refractivity contribution < 1.29 is 22.7 Å². The molecule has 1 aliphatic carbocycles. The highest BCUT2D eigenvalue weighted by Crippen LogP contribution is 2.35. The monoisotopic (exact) mass is 541 g/mol. The maximum absolute atomic E-state index is 13.9. The van der Waals surface area contributed by atoms with Gasteiger partial charge in [0.25, 0.3) is 0 Å². The Morgan fingerprint density at radius 2 is 1.76 bits per heavy atom. The molecule has 2 N–H and O–H groups in total. The number of anilines is 2. The fraction of sp³-hybridized carbons (Fsp3) is 0.517. The average Bonchev–Trinajstić information content (AvgIpc) is 2.88. The van der Waals surface area contributed by atoms with Gasteiger partial charge in [-0.15, -0.1) is 0 Å². The molecule has 206 valence electrons. The lowest BCUT2D eigenvalue weighted by atomic mass is 9.88. The Morgan fingerprint density at radius 3 is 2.45 bits per heavy atom. The summed E-state index contributed by atoms with van der Waals surface area (Å²) in [6.07, 6.45) is 3.73. The summed E-state index contributed by atoms with van der Waals surface area (Å²) in [5.41, 5.74) is 2.55. The van der Waals surface area contributed by atoms with E-state index in [2.05, 4.69) is 16.1 Å². The Hall–Kier alpha value is -2.91. The van der Waals surface area contributed by atoms with Gasteiger partial charge in [0.2, 0.25) is 15.9 Å². The predicted octanol–water partition coefficient (Wildman–Crippen LogP) is 4.81. The molecule has 0 aromatic heterocycles. The zero-order valence-electron chi connectivity index (χ0n) is 22.7. The Bertz CT molecular complexity index is 1280.